The van der Waals surface area contributed by atoms with Crippen molar-refractivity contribution in [3.8, 4) is 0 Å². The average molecular weight is 1310 g/mol. The van der Waals surface area contributed by atoms with Crippen LogP contribution >= 0.6 is 15.6 Å². The number of phosphoric acid groups is 2. The number of rotatable bonds is 66. The molecule has 0 fully saturated rings. The van der Waals surface area contributed by atoms with E-state index >= 15 is 0 Å². The van der Waals surface area contributed by atoms with Crippen LogP contribution in [0.5, 0.6) is 0 Å². The Labute approximate surface area is 542 Å². The first-order valence-electron chi connectivity index (χ1n) is 35.7. The van der Waals surface area contributed by atoms with Crippen molar-refractivity contribution < 1.29 is 80.2 Å². The first-order valence-corrected chi connectivity index (χ1v) is 38.7. The number of carbonyl (C=O) groups excluding carboxylic acids is 4. The molecule has 0 radical (unpaired) electrons. The summed E-state index contributed by atoms with van der Waals surface area (Å²) in [6.45, 7) is 11.7. The van der Waals surface area contributed by atoms with Crippen molar-refractivity contribution >= 4 is 39.5 Å². The lowest BCUT2D eigenvalue weighted by molar-refractivity contribution is -0.161. The van der Waals surface area contributed by atoms with Gasteiger partial charge in [0.1, 0.15) is 19.3 Å². The fourth-order valence-electron chi connectivity index (χ4n) is 10.0. The van der Waals surface area contributed by atoms with E-state index in [9.17, 15) is 43.2 Å². The minimum Gasteiger partial charge on any atom is -0.462 e. The maximum Gasteiger partial charge on any atom is 0.472 e. The summed E-state index contributed by atoms with van der Waals surface area (Å²) in [4.78, 5) is 72.5. The SMILES string of the molecule is CCCCCC/C=C\C=C/CCCCCCCC(=O)O[C@H](COC(=O)CCCCCCCCCC(C)C)COP(=O)(O)OCC(O)COP(=O)(O)OC[C@@H](COC(=O)CCCCCCCCCCCC(C)C)OC(=O)CCCCCCCCCCCC(C)C. The van der Waals surface area contributed by atoms with E-state index < -0.39 is 97.5 Å². The topological polar surface area (TPSA) is 237 Å². The van der Waals surface area contributed by atoms with Gasteiger partial charge in [0, 0.05) is 25.7 Å². The number of carbonyl (C=O) groups is 4. The third-order valence-corrected chi connectivity index (χ3v) is 17.4. The molecule has 0 aromatic heterocycles. The second-order valence-corrected chi connectivity index (χ2v) is 28.9. The Morgan fingerprint density at radius 3 is 0.910 bits per heavy atom. The molecule has 17 nitrogen and oxygen atoms in total. The lowest BCUT2D eigenvalue weighted by Crippen LogP contribution is -2.30. The van der Waals surface area contributed by atoms with Crippen molar-refractivity contribution in [2.45, 2.75) is 343 Å². The van der Waals surface area contributed by atoms with Gasteiger partial charge in [-0.25, -0.2) is 9.13 Å². The van der Waals surface area contributed by atoms with E-state index in [2.05, 4.69) is 72.8 Å². The summed E-state index contributed by atoms with van der Waals surface area (Å²) in [5.74, 6) is 0.0198. The van der Waals surface area contributed by atoms with E-state index in [0.717, 1.165) is 121 Å². The molecule has 3 unspecified atom stereocenters. The first kappa shape index (κ1) is 86.5. The molecule has 0 aliphatic carbocycles. The summed E-state index contributed by atoms with van der Waals surface area (Å²) >= 11 is 0. The minimum absolute atomic E-state index is 0.0837. The van der Waals surface area contributed by atoms with Crippen molar-refractivity contribution in [3.63, 3.8) is 0 Å². The van der Waals surface area contributed by atoms with Crippen molar-refractivity contribution in [1.82, 2.24) is 0 Å². The van der Waals surface area contributed by atoms with Crippen LogP contribution < -0.4 is 0 Å². The van der Waals surface area contributed by atoms with E-state index in [1.807, 2.05) is 0 Å². The maximum absolute atomic E-state index is 13.0. The predicted molar refractivity (Wildman–Crippen MR) is 358 cm³/mol. The van der Waals surface area contributed by atoms with E-state index in [1.165, 1.54) is 116 Å². The number of hydrogen-bond donors (Lipinski definition) is 3. The van der Waals surface area contributed by atoms with Crippen molar-refractivity contribution in [3.05, 3.63) is 24.3 Å². The van der Waals surface area contributed by atoms with Crippen LogP contribution in [-0.4, -0.2) is 96.7 Å². The minimum atomic E-state index is -4.96. The molecule has 0 bridgehead atoms. The van der Waals surface area contributed by atoms with Crippen LogP contribution in [0.1, 0.15) is 325 Å². The molecule has 0 saturated carbocycles. The highest BCUT2D eigenvalue weighted by molar-refractivity contribution is 7.47. The highest BCUT2D eigenvalue weighted by Crippen LogP contribution is 2.45. The van der Waals surface area contributed by atoms with Crippen molar-refractivity contribution in [1.29, 1.82) is 0 Å². The van der Waals surface area contributed by atoms with Crippen LogP contribution in [0.4, 0.5) is 0 Å². The van der Waals surface area contributed by atoms with E-state index in [4.69, 9.17) is 37.0 Å². The van der Waals surface area contributed by atoms with Gasteiger partial charge >= 0.3 is 39.5 Å². The zero-order chi connectivity index (χ0) is 65.9. The molecule has 0 aromatic carbocycles. The second-order valence-electron chi connectivity index (χ2n) is 26.0. The molecule has 5 atom stereocenters. The van der Waals surface area contributed by atoms with Crippen LogP contribution in [0.15, 0.2) is 24.3 Å². The Morgan fingerprint density at radius 1 is 0.348 bits per heavy atom. The molecule has 19 heteroatoms. The van der Waals surface area contributed by atoms with Gasteiger partial charge in [-0.3, -0.25) is 37.3 Å². The summed E-state index contributed by atoms with van der Waals surface area (Å²) in [7, 11) is -9.91. The summed E-state index contributed by atoms with van der Waals surface area (Å²) in [5, 5.41) is 10.6. The number of allylic oxidation sites excluding steroid dienone is 4. The molecule has 0 rings (SSSR count). The van der Waals surface area contributed by atoms with Gasteiger partial charge in [0.05, 0.1) is 26.4 Å². The molecule has 0 heterocycles. The molecule has 0 aromatic rings. The lowest BCUT2D eigenvalue weighted by Gasteiger charge is -2.21. The van der Waals surface area contributed by atoms with Gasteiger partial charge in [-0.15, -0.1) is 0 Å². The largest absolute Gasteiger partial charge is 0.472 e. The smallest absolute Gasteiger partial charge is 0.462 e. The van der Waals surface area contributed by atoms with Gasteiger partial charge in [0.15, 0.2) is 12.2 Å². The summed E-state index contributed by atoms with van der Waals surface area (Å²) in [6.07, 6.45) is 46.7. The van der Waals surface area contributed by atoms with Crippen molar-refractivity contribution in [2.75, 3.05) is 39.6 Å². The number of aliphatic hydroxyl groups is 1. The van der Waals surface area contributed by atoms with E-state index in [1.54, 1.807) is 0 Å². The number of esters is 4. The van der Waals surface area contributed by atoms with E-state index in [0.29, 0.717) is 31.6 Å². The maximum atomic E-state index is 13.0. The average Bonchev–Trinajstić information content (AvgIpc) is 3.56. The monoisotopic (exact) mass is 1310 g/mol. The molecule has 3 N–H and O–H groups in total. The van der Waals surface area contributed by atoms with Crippen molar-refractivity contribution in [2.24, 2.45) is 17.8 Å². The van der Waals surface area contributed by atoms with E-state index in [-0.39, 0.29) is 25.7 Å². The molecule has 0 saturated heterocycles. The zero-order valence-corrected chi connectivity index (χ0v) is 59.2. The number of hydrogen-bond acceptors (Lipinski definition) is 15. The fraction of sp³-hybridized carbons (Fsp3) is 0.886. The Kier molecular flexibility index (Phi) is 58.8. The Morgan fingerprint density at radius 2 is 0.607 bits per heavy atom. The summed E-state index contributed by atoms with van der Waals surface area (Å²) < 4.78 is 68.2. The Balaban J connectivity index is 5.29. The van der Waals surface area contributed by atoms with Gasteiger partial charge in [-0.2, -0.15) is 0 Å². The summed E-state index contributed by atoms with van der Waals surface area (Å²) in [6, 6.07) is 0. The molecule has 89 heavy (non-hydrogen) atoms. The number of phosphoric ester groups is 2. The highest BCUT2D eigenvalue weighted by atomic mass is 31.2. The highest BCUT2D eigenvalue weighted by Gasteiger charge is 2.30. The van der Waals surface area contributed by atoms with Crippen LogP contribution in [0.2, 0.25) is 0 Å². The van der Waals surface area contributed by atoms with Gasteiger partial charge < -0.3 is 33.8 Å². The number of unbranched alkanes of at least 4 members (excludes halogenated alkanes) is 31. The molecular weight excluding hydrogens is 1170 g/mol. The van der Waals surface area contributed by atoms with Crippen LogP contribution in [-0.2, 0) is 65.4 Å². The molecular formula is C70H132O17P2. The van der Waals surface area contributed by atoms with Gasteiger partial charge in [0.25, 0.3) is 0 Å². The normalized spacial score (nSPS) is 14.4. The quantitative estimate of drug-likeness (QED) is 0.0169. The number of aliphatic hydroxyl groups excluding tert-OH is 1. The molecule has 0 aliphatic heterocycles. The van der Waals surface area contributed by atoms with Crippen LogP contribution in [0.3, 0.4) is 0 Å². The molecule has 0 amide bonds. The lowest BCUT2D eigenvalue weighted by atomic mass is 10.0. The fourth-order valence-corrected chi connectivity index (χ4v) is 11.6. The predicted octanol–water partition coefficient (Wildman–Crippen LogP) is 19.4. The Hall–Kier alpha value is -2.46. The zero-order valence-electron chi connectivity index (χ0n) is 57.4. The summed E-state index contributed by atoms with van der Waals surface area (Å²) in [5.41, 5.74) is 0. The molecule has 0 aliphatic rings. The standard InChI is InChI=1S/C70H132O17P2/c1-8-9-10-11-12-13-14-15-16-17-18-23-31-39-46-53-69(74)86-66(58-81-68(73)52-45-38-33-26-29-36-43-50-63(6)7)60-85-89(78,79)83-56-64(71)55-82-88(76,77)84-59-65(87-70(75)54-47-40-32-25-20-22-28-35-42-49-62(4)5)57-80-67(72)51-44-37-30-24-19-21-27-34-41-48-61(2)3/h13-16,61-66,71H,8-12,17-60H2,1-7H3,(H,76,77)(H,78,79)/b14-13-,16-15-/t64?,65-,66-/m1/s1. The van der Waals surface area contributed by atoms with Gasteiger partial charge in [-0.05, 0) is 69.1 Å². The van der Waals surface area contributed by atoms with Gasteiger partial charge in [0.2, 0.25) is 0 Å². The molecule has 0 spiro atoms. The Bertz CT molecular complexity index is 1840. The third-order valence-electron chi connectivity index (χ3n) is 15.5. The third kappa shape index (κ3) is 64.1. The first-order chi connectivity index (χ1) is 42.7. The number of ether oxygens (including phenoxy) is 4. The van der Waals surface area contributed by atoms with Gasteiger partial charge in [-0.1, -0.05) is 272 Å². The molecule has 524 valence electrons. The second kappa shape index (κ2) is 60.5. The van der Waals surface area contributed by atoms with Crippen LogP contribution in [0, 0.1) is 17.8 Å². The van der Waals surface area contributed by atoms with Crippen LogP contribution in [0.25, 0.3) is 0 Å².